The number of anilines is 2. The van der Waals surface area contributed by atoms with Crippen LogP contribution >= 0.6 is 0 Å². The Morgan fingerprint density at radius 1 is 0.703 bits per heavy atom. The Hall–Kier alpha value is -3.96. The molecular weight excluding hydrogens is 512 g/mol. The number of carbonyl (C=O) groups excluding carboxylic acids is 2. The summed E-state index contributed by atoms with van der Waals surface area (Å²) < 4.78 is 108. The number of hydrogen-bond donors (Lipinski definition) is 2. The van der Waals surface area contributed by atoms with E-state index in [1.165, 1.54) is 24.3 Å². The molecule has 12 heteroatoms. The van der Waals surface area contributed by atoms with Crippen LogP contribution in [-0.2, 0) is 5.67 Å². The van der Waals surface area contributed by atoms with Crippen LogP contribution in [0.4, 0.5) is 46.5 Å². The van der Waals surface area contributed by atoms with Crippen LogP contribution in [0.5, 0.6) is 0 Å². The van der Waals surface area contributed by atoms with Crippen molar-refractivity contribution >= 4 is 23.2 Å². The lowest BCUT2D eigenvalue weighted by atomic mass is 9.90. The van der Waals surface area contributed by atoms with E-state index in [1.54, 1.807) is 18.2 Å². The van der Waals surface area contributed by atoms with E-state index in [2.05, 4.69) is 10.6 Å². The van der Waals surface area contributed by atoms with Crippen LogP contribution in [0.25, 0.3) is 0 Å². The zero-order valence-electron chi connectivity index (χ0n) is 19.1. The molecule has 3 aromatic carbocycles. The van der Waals surface area contributed by atoms with Gasteiger partial charge in [-0.1, -0.05) is 36.4 Å². The van der Waals surface area contributed by atoms with Gasteiger partial charge in [-0.15, -0.1) is 0 Å². The Balaban J connectivity index is 1.92. The monoisotopic (exact) mass is 530 g/mol. The van der Waals surface area contributed by atoms with E-state index in [1.807, 2.05) is 0 Å². The molecule has 0 atom stereocenters. The predicted molar refractivity (Wildman–Crippen MR) is 120 cm³/mol. The summed E-state index contributed by atoms with van der Waals surface area (Å²) in [5.74, 6) is -2.90. The third-order valence-corrected chi connectivity index (χ3v) is 5.48. The van der Waals surface area contributed by atoms with Crippen molar-refractivity contribution in [3.8, 4) is 0 Å². The fourth-order valence-electron chi connectivity index (χ4n) is 3.62. The highest BCUT2D eigenvalue weighted by molar-refractivity contribution is 6.08. The summed E-state index contributed by atoms with van der Waals surface area (Å²) in [5, 5.41) is 4.54. The van der Waals surface area contributed by atoms with Gasteiger partial charge in [0.2, 0.25) is 0 Å². The molecule has 0 fully saturated rings. The van der Waals surface area contributed by atoms with Gasteiger partial charge in [0.05, 0.1) is 11.3 Å². The van der Waals surface area contributed by atoms with Gasteiger partial charge in [0.15, 0.2) is 5.82 Å². The van der Waals surface area contributed by atoms with Crippen molar-refractivity contribution in [3.63, 3.8) is 0 Å². The van der Waals surface area contributed by atoms with Crippen molar-refractivity contribution < 1.29 is 44.7 Å². The van der Waals surface area contributed by atoms with E-state index in [0.717, 1.165) is 19.9 Å². The average Bonchev–Trinajstić information content (AvgIpc) is 2.81. The van der Waals surface area contributed by atoms with Crippen LogP contribution in [0.3, 0.4) is 0 Å². The molecule has 4 nitrogen and oxygen atoms in total. The minimum atomic E-state index is -6.30. The summed E-state index contributed by atoms with van der Waals surface area (Å²) in [4.78, 5) is 25.1. The second-order valence-electron chi connectivity index (χ2n) is 8.08. The molecule has 196 valence electrons. The number of rotatable bonds is 5. The molecule has 3 rings (SSSR count). The van der Waals surface area contributed by atoms with Gasteiger partial charge in [0, 0.05) is 16.8 Å². The molecule has 37 heavy (non-hydrogen) atoms. The van der Waals surface area contributed by atoms with E-state index >= 15 is 4.39 Å². The van der Waals surface area contributed by atoms with Gasteiger partial charge in [0.25, 0.3) is 11.8 Å². The minimum absolute atomic E-state index is 0.213. The summed E-state index contributed by atoms with van der Waals surface area (Å²) in [7, 11) is 0. The maximum atomic E-state index is 15.0. The molecule has 0 aliphatic heterocycles. The molecule has 0 aliphatic rings. The molecular formula is C25H18F8N2O2. The van der Waals surface area contributed by atoms with Crippen LogP contribution in [0.15, 0.2) is 60.7 Å². The molecule has 0 unspecified atom stereocenters. The number of hydrogen-bond acceptors (Lipinski definition) is 2. The summed E-state index contributed by atoms with van der Waals surface area (Å²) in [6.07, 6.45) is -12.6. The van der Waals surface area contributed by atoms with E-state index < -0.39 is 46.8 Å². The Morgan fingerprint density at radius 3 is 1.76 bits per heavy atom. The third kappa shape index (κ3) is 5.27. The molecule has 2 amide bonds. The molecule has 0 heterocycles. The standard InChI is InChI=1S/C25H18F8N2O2/c1-13-11-16(23(27,24(28,29)30)25(31,32)33)12-14(2)20(13)35-22(37)17-9-6-10-18(19(17)26)34-21(36)15-7-4-3-5-8-15/h3-12H,1-2H3,(H,34,36)(H,35,37). The SMILES string of the molecule is Cc1cc(C(F)(C(F)(F)F)C(F)(F)F)cc(C)c1NC(=O)c1cccc(NC(=O)c2ccccc2)c1F. The number of benzene rings is 3. The van der Waals surface area contributed by atoms with Crippen molar-refractivity contribution in [2.75, 3.05) is 10.6 Å². The van der Waals surface area contributed by atoms with Gasteiger partial charge >= 0.3 is 18.0 Å². The summed E-state index contributed by atoms with van der Waals surface area (Å²) in [6, 6.07) is 11.9. The predicted octanol–water partition coefficient (Wildman–Crippen LogP) is 7.24. The first-order valence-corrected chi connectivity index (χ1v) is 10.5. The molecule has 3 aromatic rings. The van der Waals surface area contributed by atoms with Gasteiger partial charge in [-0.3, -0.25) is 9.59 Å². The highest BCUT2D eigenvalue weighted by atomic mass is 19.4. The number of halogens is 8. The first kappa shape index (κ1) is 27.6. The van der Waals surface area contributed by atoms with Gasteiger partial charge in [-0.2, -0.15) is 26.3 Å². The highest BCUT2D eigenvalue weighted by Crippen LogP contribution is 2.53. The van der Waals surface area contributed by atoms with Crippen LogP contribution in [-0.4, -0.2) is 24.2 Å². The Bertz CT molecular complexity index is 1300. The number of alkyl halides is 7. The number of amides is 2. The molecule has 0 bridgehead atoms. The fraction of sp³-hybridized carbons (Fsp3) is 0.200. The van der Waals surface area contributed by atoms with Gasteiger partial charge in [-0.05, 0) is 49.2 Å². The Kier molecular flexibility index (Phi) is 7.34. The zero-order valence-corrected chi connectivity index (χ0v) is 19.1. The lowest BCUT2D eigenvalue weighted by molar-refractivity contribution is -0.348. The van der Waals surface area contributed by atoms with Crippen molar-refractivity contribution in [3.05, 3.63) is 94.3 Å². The normalized spacial score (nSPS) is 12.3. The second kappa shape index (κ2) is 9.83. The zero-order chi connectivity index (χ0) is 27.8. The number of aryl methyl sites for hydroxylation is 2. The topological polar surface area (TPSA) is 58.2 Å². The average molecular weight is 530 g/mol. The van der Waals surface area contributed by atoms with E-state index in [-0.39, 0.29) is 28.1 Å². The van der Waals surface area contributed by atoms with E-state index in [4.69, 9.17) is 0 Å². The van der Waals surface area contributed by atoms with Gasteiger partial charge in [-0.25, -0.2) is 8.78 Å². The molecule has 0 radical (unpaired) electrons. The third-order valence-electron chi connectivity index (χ3n) is 5.48. The summed E-state index contributed by atoms with van der Waals surface area (Å²) in [5.41, 5.74) is -8.95. The van der Waals surface area contributed by atoms with Crippen LogP contribution in [0.2, 0.25) is 0 Å². The molecule has 2 N–H and O–H groups in total. The highest BCUT2D eigenvalue weighted by Gasteiger charge is 2.73. The minimum Gasteiger partial charge on any atom is -0.321 e. The van der Waals surface area contributed by atoms with Gasteiger partial charge < -0.3 is 10.6 Å². The molecule has 0 spiro atoms. The lowest BCUT2D eigenvalue weighted by Crippen LogP contribution is -2.50. The van der Waals surface area contributed by atoms with E-state index in [0.29, 0.717) is 12.1 Å². The Labute approximate surface area is 205 Å². The molecule has 0 saturated carbocycles. The first-order valence-electron chi connectivity index (χ1n) is 10.5. The fourth-order valence-corrected chi connectivity index (χ4v) is 3.62. The van der Waals surface area contributed by atoms with Crippen LogP contribution in [0, 0.1) is 19.7 Å². The first-order chi connectivity index (χ1) is 17.1. The van der Waals surface area contributed by atoms with Gasteiger partial charge in [0.1, 0.15) is 0 Å². The second-order valence-corrected chi connectivity index (χ2v) is 8.08. The lowest BCUT2D eigenvalue weighted by Gasteiger charge is -2.31. The summed E-state index contributed by atoms with van der Waals surface area (Å²) in [6.45, 7) is 2.12. The maximum absolute atomic E-state index is 15.0. The number of carbonyl (C=O) groups is 2. The summed E-state index contributed by atoms with van der Waals surface area (Å²) >= 11 is 0. The number of nitrogens with one attached hydrogen (secondary N) is 2. The largest absolute Gasteiger partial charge is 0.435 e. The van der Waals surface area contributed by atoms with Crippen molar-refractivity contribution in [2.45, 2.75) is 31.9 Å². The molecule has 0 saturated heterocycles. The van der Waals surface area contributed by atoms with Crippen LogP contribution < -0.4 is 10.6 Å². The van der Waals surface area contributed by atoms with Crippen molar-refractivity contribution in [2.24, 2.45) is 0 Å². The Morgan fingerprint density at radius 2 is 1.24 bits per heavy atom. The maximum Gasteiger partial charge on any atom is 0.435 e. The smallest absolute Gasteiger partial charge is 0.321 e. The van der Waals surface area contributed by atoms with Crippen molar-refractivity contribution in [1.82, 2.24) is 0 Å². The van der Waals surface area contributed by atoms with E-state index in [9.17, 15) is 40.3 Å². The molecule has 0 aromatic heterocycles. The quantitative estimate of drug-likeness (QED) is 0.342. The van der Waals surface area contributed by atoms with Crippen molar-refractivity contribution in [1.29, 1.82) is 0 Å². The van der Waals surface area contributed by atoms with Crippen LogP contribution in [0.1, 0.15) is 37.4 Å². The molecule has 0 aliphatic carbocycles.